The van der Waals surface area contributed by atoms with Crippen LogP contribution in [-0.2, 0) is 0 Å². The molecule has 1 aromatic heterocycles. The van der Waals surface area contributed by atoms with Crippen LogP contribution in [-0.4, -0.2) is 28.4 Å². The van der Waals surface area contributed by atoms with Gasteiger partial charge in [0, 0.05) is 18.4 Å². The maximum absolute atomic E-state index is 5.94. The number of hydrogen-bond acceptors (Lipinski definition) is 4. The van der Waals surface area contributed by atoms with Crippen LogP contribution in [0.15, 0.2) is 29.5 Å². The van der Waals surface area contributed by atoms with Crippen molar-refractivity contribution < 1.29 is 0 Å². The average molecular weight is 218 g/mol. The summed E-state index contributed by atoms with van der Waals surface area (Å²) in [5.41, 5.74) is 7.13. The van der Waals surface area contributed by atoms with Gasteiger partial charge in [0.25, 0.3) is 0 Å². The Kier molecular flexibility index (Phi) is 3.08. The van der Waals surface area contributed by atoms with Gasteiger partial charge in [-0.25, -0.2) is 0 Å². The van der Waals surface area contributed by atoms with Crippen molar-refractivity contribution in [2.45, 2.75) is 32.4 Å². The molecule has 0 saturated heterocycles. The second kappa shape index (κ2) is 4.51. The molecule has 2 atom stereocenters. The van der Waals surface area contributed by atoms with Gasteiger partial charge in [-0.2, -0.15) is 0 Å². The second-order valence-electron chi connectivity index (χ2n) is 4.17. The molecule has 2 unspecified atom stereocenters. The first kappa shape index (κ1) is 10.9. The van der Waals surface area contributed by atoms with Gasteiger partial charge in [-0.15, -0.1) is 0 Å². The predicted molar refractivity (Wildman–Crippen MR) is 65.1 cm³/mol. The highest BCUT2D eigenvalue weighted by atomic mass is 15.3. The van der Waals surface area contributed by atoms with Gasteiger partial charge in [0.2, 0.25) is 0 Å². The molecule has 4 heteroatoms. The quantitative estimate of drug-likeness (QED) is 0.837. The van der Waals surface area contributed by atoms with Crippen LogP contribution in [0.4, 0.5) is 0 Å². The smallest absolute Gasteiger partial charge is 0.192 e. The Bertz CT molecular complexity index is 374. The van der Waals surface area contributed by atoms with E-state index < -0.39 is 0 Å². The molecule has 1 aliphatic rings. The molecule has 1 aliphatic heterocycles. The number of rotatable bonds is 3. The highest BCUT2D eigenvalue weighted by molar-refractivity contribution is 5.80. The summed E-state index contributed by atoms with van der Waals surface area (Å²) in [6, 6.07) is 4.71. The molecular weight excluding hydrogens is 200 g/mol. The monoisotopic (exact) mass is 218 g/mol. The molecule has 1 aromatic rings. The second-order valence-corrected chi connectivity index (χ2v) is 4.17. The lowest BCUT2D eigenvalue weighted by atomic mass is 10.1. The minimum Gasteiger partial charge on any atom is -0.370 e. The summed E-state index contributed by atoms with van der Waals surface area (Å²) in [6.45, 7) is 5.08. The van der Waals surface area contributed by atoms with Gasteiger partial charge in [-0.05, 0) is 25.0 Å². The molecule has 86 valence electrons. The third kappa shape index (κ3) is 1.87. The Morgan fingerprint density at radius 2 is 2.44 bits per heavy atom. The molecule has 0 bridgehead atoms. The molecule has 0 fully saturated rings. The number of guanidine groups is 1. The highest BCUT2D eigenvalue weighted by Gasteiger charge is 2.30. The fourth-order valence-electron chi connectivity index (χ4n) is 2.08. The maximum atomic E-state index is 5.94. The molecule has 0 aromatic carbocycles. The lowest BCUT2D eigenvalue weighted by Crippen LogP contribution is -2.42. The topological polar surface area (TPSA) is 54.5 Å². The van der Waals surface area contributed by atoms with Gasteiger partial charge in [0.15, 0.2) is 5.96 Å². The predicted octanol–water partition coefficient (Wildman–Crippen LogP) is 1.55. The van der Waals surface area contributed by atoms with Crippen LogP contribution in [0.25, 0.3) is 0 Å². The van der Waals surface area contributed by atoms with Gasteiger partial charge < -0.3 is 10.6 Å². The molecule has 16 heavy (non-hydrogen) atoms. The van der Waals surface area contributed by atoms with Gasteiger partial charge >= 0.3 is 0 Å². The summed E-state index contributed by atoms with van der Waals surface area (Å²) in [7, 11) is 0. The fourth-order valence-corrected chi connectivity index (χ4v) is 2.08. The number of nitrogens with zero attached hydrogens (tertiary/aromatic N) is 3. The fraction of sp³-hybridized carbons (Fsp3) is 0.500. The molecule has 0 radical (unpaired) electrons. The third-order valence-corrected chi connectivity index (χ3v) is 3.16. The van der Waals surface area contributed by atoms with Crippen molar-refractivity contribution in [1.29, 1.82) is 0 Å². The molecule has 0 saturated carbocycles. The van der Waals surface area contributed by atoms with Crippen molar-refractivity contribution in [3.8, 4) is 0 Å². The van der Waals surface area contributed by atoms with Crippen LogP contribution in [0.5, 0.6) is 0 Å². The zero-order valence-electron chi connectivity index (χ0n) is 9.80. The van der Waals surface area contributed by atoms with E-state index in [0.29, 0.717) is 12.0 Å². The minimum absolute atomic E-state index is 0.253. The first-order valence-corrected chi connectivity index (χ1v) is 5.72. The summed E-state index contributed by atoms with van der Waals surface area (Å²) in [4.78, 5) is 10.7. The molecule has 0 spiro atoms. The van der Waals surface area contributed by atoms with Crippen molar-refractivity contribution in [3.05, 3.63) is 30.1 Å². The minimum atomic E-state index is 0.253. The first-order valence-electron chi connectivity index (χ1n) is 5.72. The van der Waals surface area contributed by atoms with Crippen LogP contribution in [0.1, 0.15) is 31.9 Å². The zero-order chi connectivity index (χ0) is 11.5. The molecule has 2 rings (SSSR count). The van der Waals surface area contributed by atoms with Gasteiger partial charge in [0.05, 0.1) is 12.6 Å². The van der Waals surface area contributed by atoms with Crippen LogP contribution >= 0.6 is 0 Å². The van der Waals surface area contributed by atoms with E-state index in [1.807, 2.05) is 12.3 Å². The summed E-state index contributed by atoms with van der Waals surface area (Å²) in [6.07, 6.45) is 4.75. The Balaban J connectivity index is 2.23. The molecule has 4 nitrogen and oxygen atoms in total. The van der Waals surface area contributed by atoms with E-state index in [2.05, 4.69) is 34.8 Å². The number of nitrogens with two attached hydrogens (primary N) is 1. The summed E-state index contributed by atoms with van der Waals surface area (Å²) >= 11 is 0. The lowest BCUT2D eigenvalue weighted by Gasteiger charge is -2.31. The van der Waals surface area contributed by atoms with E-state index >= 15 is 0 Å². The first-order chi connectivity index (χ1) is 7.74. The van der Waals surface area contributed by atoms with E-state index in [0.717, 1.165) is 13.0 Å². The standard InChI is InChI=1S/C12H18N4/c1-3-9(2)16-11(8-15-12(16)13)10-5-4-6-14-7-10/h4-7,9,11H,3,8H2,1-2H3,(H2,13,15). The van der Waals surface area contributed by atoms with Crippen molar-refractivity contribution in [3.63, 3.8) is 0 Å². The average Bonchev–Trinajstić information content (AvgIpc) is 2.71. The number of aromatic nitrogens is 1. The largest absolute Gasteiger partial charge is 0.370 e. The number of aliphatic imine (C=N–C) groups is 1. The normalized spacial score (nSPS) is 22.0. The van der Waals surface area contributed by atoms with Crippen molar-refractivity contribution >= 4 is 5.96 Å². The molecule has 2 N–H and O–H groups in total. The van der Waals surface area contributed by atoms with Gasteiger partial charge in [0.1, 0.15) is 0 Å². The van der Waals surface area contributed by atoms with E-state index in [-0.39, 0.29) is 6.04 Å². The molecule has 0 aliphatic carbocycles. The van der Waals surface area contributed by atoms with E-state index in [4.69, 9.17) is 5.73 Å². The van der Waals surface area contributed by atoms with Crippen molar-refractivity contribution in [2.24, 2.45) is 10.7 Å². The van der Waals surface area contributed by atoms with Gasteiger partial charge in [-0.3, -0.25) is 9.98 Å². The van der Waals surface area contributed by atoms with Crippen LogP contribution in [0.2, 0.25) is 0 Å². The molecular formula is C12H18N4. The third-order valence-electron chi connectivity index (χ3n) is 3.16. The Morgan fingerprint density at radius 3 is 3.06 bits per heavy atom. The maximum Gasteiger partial charge on any atom is 0.192 e. The van der Waals surface area contributed by atoms with Crippen LogP contribution in [0.3, 0.4) is 0 Å². The van der Waals surface area contributed by atoms with Crippen molar-refractivity contribution in [1.82, 2.24) is 9.88 Å². The molecule has 2 heterocycles. The Morgan fingerprint density at radius 1 is 1.62 bits per heavy atom. The SMILES string of the molecule is CCC(C)N1C(N)=NCC1c1cccnc1. The van der Waals surface area contributed by atoms with Crippen molar-refractivity contribution in [2.75, 3.05) is 6.54 Å². The molecule has 0 amide bonds. The zero-order valence-corrected chi connectivity index (χ0v) is 9.80. The summed E-state index contributed by atoms with van der Waals surface area (Å²) < 4.78 is 0. The highest BCUT2D eigenvalue weighted by Crippen LogP contribution is 2.27. The summed E-state index contributed by atoms with van der Waals surface area (Å²) in [5, 5.41) is 0. The summed E-state index contributed by atoms with van der Waals surface area (Å²) in [5.74, 6) is 0.656. The Hall–Kier alpha value is -1.58. The number of pyridine rings is 1. The lowest BCUT2D eigenvalue weighted by molar-refractivity contribution is 0.268. The van der Waals surface area contributed by atoms with E-state index in [1.165, 1.54) is 5.56 Å². The van der Waals surface area contributed by atoms with E-state index in [1.54, 1.807) is 6.20 Å². The van der Waals surface area contributed by atoms with Gasteiger partial charge in [-0.1, -0.05) is 13.0 Å². The van der Waals surface area contributed by atoms with E-state index in [9.17, 15) is 0 Å². The van der Waals surface area contributed by atoms with Crippen LogP contribution < -0.4 is 5.73 Å². The number of hydrogen-bond donors (Lipinski definition) is 1. The Labute approximate surface area is 96.2 Å². The van der Waals surface area contributed by atoms with Crippen LogP contribution in [0, 0.1) is 0 Å².